The monoisotopic (exact) mass is 264 g/mol. The van der Waals surface area contributed by atoms with Crippen LogP contribution in [0.15, 0.2) is 24.3 Å². The highest BCUT2D eigenvalue weighted by atomic mass is 16.5. The van der Waals surface area contributed by atoms with Gasteiger partial charge in [-0.1, -0.05) is 0 Å². The van der Waals surface area contributed by atoms with E-state index in [2.05, 4.69) is 5.32 Å². The number of benzene rings is 1. The largest absolute Gasteiger partial charge is 0.497 e. The van der Waals surface area contributed by atoms with Gasteiger partial charge in [-0.05, 0) is 31.2 Å². The molecule has 19 heavy (non-hydrogen) atoms. The molecule has 104 valence electrons. The number of methoxy groups -OCH3 is 1. The Balaban J connectivity index is 1.91. The molecule has 1 atom stereocenters. The van der Waals surface area contributed by atoms with E-state index in [9.17, 15) is 4.79 Å². The van der Waals surface area contributed by atoms with Gasteiger partial charge in [0, 0.05) is 26.2 Å². The number of nitrogens with zero attached hydrogens (tertiary/aromatic N) is 1. The van der Waals surface area contributed by atoms with Crippen LogP contribution in [0.1, 0.15) is 6.92 Å². The second-order valence-electron chi connectivity index (χ2n) is 4.51. The van der Waals surface area contributed by atoms with Crippen LogP contribution in [-0.4, -0.2) is 50.2 Å². The lowest BCUT2D eigenvalue weighted by Gasteiger charge is -2.29. The van der Waals surface area contributed by atoms with E-state index in [4.69, 9.17) is 9.47 Å². The third-order valence-electron chi connectivity index (χ3n) is 3.15. The highest BCUT2D eigenvalue weighted by Gasteiger charge is 2.23. The van der Waals surface area contributed by atoms with Crippen molar-refractivity contribution in [3.05, 3.63) is 24.3 Å². The van der Waals surface area contributed by atoms with E-state index in [-0.39, 0.29) is 5.91 Å². The second kappa shape index (κ2) is 6.43. The third-order valence-corrected chi connectivity index (χ3v) is 3.15. The standard InChI is InChI=1S/C14H20N2O3/c1-11(14(17)16-9-7-15-8-10-16)19-13-5-3-12(18-2)4-6-13/h3-6,11,15H,7-10H2,1-2H3. The Bertz CT molecular complexity index is 413. The first-order chi connectivity index (χ1) is 9.20. The van der Waals surface area contributed by atoms with Gasteiger partial charge in [0.15, 0.2) is 6.10 Å². The molecule has 0 radical (unpaired) electrons. The van der Waals surface area contributed by atoms with Crippen molar-refractivity contribution < 1.29 is 14.3 Å². The average Bonchev–Trinajstić information content (AvgIpc) is 2.48. The first-order valence-electron chi connectivity index (χ1n) is 6.51. The summed E-state index contributed by atoms with van der Waals surface area (Å²) in [6, 6.07) is 7.25. The number of carbonyl (C=O) groups excluding carboxylic acids is 1. The van der Waals surface area contributed by atoms with Crippen molar-refractivity contribution in [1.29, 1.82) is 0 Å². The van der Waals surface area contributed by atoms with E-state index in [0.717, 1.165) is 31.9 Å². The zero-order valence-electron chi connectivity index (χ0n) is 11.4. The Morgan fingerprint density at radius 3 is 2.37 bits per heavy atom. The molecule has 1 saturated heterocycles. The van der Waals surface area contributed by atoms with E-state index < -0.39 is 6.10 Å². The fraction of sp³-hybridized carbons (Fsp3) is 0.500. The summed E-state index contributed by atoms with van der Waals surface area (Å²) in [5, 5.41) is 3.22. The molecule has 0 spiro atoms. The summed E-state index contributed by atoms with van der Waals surface area (Å²) >= 11 is 0. The van der Waals surface area contributed by atoms with Crippen LogP contribution in [-0.2, 0) is 4.79 Å². The van der Waals surface area contributed by atoms with E-state index in [1.54, 1.807) is 26.2 Å². The Morgan fingerprint density at radius 1 is 1.21 bits per heavy atom. The van der Waals surface area contributed by atoms with E-state index in [1.807, 2.05) is 17.0 Å². The summed E-state index contributed by atoms with van der Waals surface area (Å²) < 4.78 is 10.7. The summed E-state index contributed by atoms with van der Waals surface area (Å²) in [7, 11) is 1.62. The van der Waals surface area contributed by atoms with Crippen molar-refractivity contribution in [2.24, 2.45) is 0 Å². The molecule has 0 saturated carbocycles. The molecule has 1 aromatic rings. The van der Waals surface area contributed by atoms with Gasteiger partial charge in [0.1, 0.15) is 11.5 Å². The zero-order valence-corrected chi connectivity index (χ0v) is 11.4. The summed E-state index contributed by atoms with van der Waals surface area (Å²) in [5.41, 5.74) is 0. The lowest BCUT2D eigenvalue weighted by molar-refractivity contribution is -0.138. The zero-order chi connectivity index (χ0) is 13.7. The number of piperazine rings is 1. The van der Waals surface area contributed by atoms with E-state index in [0.29, 0.717) is 5.75 Å². The van der Waals surface area contributed by atoms with Gasteiger partial charge in [-0.2, -0.15) is 0 Å². The molecule has 1 amide bonds. The summed E-state index contributed by atoms with van der Waals surface area (Å²) in [6.07, 6.45) is -0.466. The van der Waals surface area contributed by atoms with Crippen molar-refractivity contribution in [2.45, 2.75) is 13.0 Å². The Labute approximate surface area is 113 Å². The molecular weight excluding hydrogens is 244 g/mol. The smallest absolute Gasteiger partial charge is 0.263 e. The Hall–Kier alpha value is -1.75. The van der Waals surface area contributed by atoms with Gasteiger partial charge in [-0.3, -0.25) is 4.79 Å². The lowest BCUT2D eigenvalue weighted by Crippen LogP contribution is -2.50. The molecule has 1 fully saturated rings. The number of carbonyl (C=O) groups is 1. The molecule has 2 rings (SSSR count). The predicted octanol–water partition coefficient (Wildman–Crippen LogP) is 0.894. The van der Waals surface area contributed by atoms with Crippen LogP contribution in [0.2, 0.25) is 0 Å². The lowest BCUT2D eigenvalue weighted by atomic mass is 10.2. The quantitative estimate of drug-likeness (QED) is 0.877. The van der Waals surface area contributed by atoms with Crippen LogP contribution < -0.4 is 14.8 Å². The number of nitrogens with one attached hydrogen (secondary N) is 1. The van der Waals surface area contributed by atoms with Gasteiger partial charge < -0.3 is 19.7 Å². The highest BCUT2D eigenvalue weighted by Crippen LogP contribution is 2.18. The molecule has 1 aliphatic heterocycles. The molecule has 0 aliphatic carbocycles. The van der Waals surface area contributed by atoms with Gasteiger partial charge in [-0.25, -0.2) is 0 Å². The van der Waals surface area contributed by atoms with Crippen LogP contribution in [0.4, 0.5) is 0 Å². The van der Waals surface area contributed by atoms with Gasteiger partial charge in [0.2, 0.25) is 0 Å². The van der Waals surface area contributed by atoms with E-state index in [1.165, 1.54) is 0 Å². The number of hydrogen-bond acceptors (Lipinski definition) is 4. The fourth-order valence-electron chi connectivity index (χ4n) is 2.05. The third kappa shape index (κ3) is 3.61. The summed E-state index contributed by atoms with van der Waals surface area (Å²) in [6.45, 7) is 4.97. The van der Waals surface area contributed by atoms with Gasteiger partial charge >= 0.3 is 0 Å². The maximum atomic E-state index is 12.2. The Kier molecular flexibility index (Phi) is 4.63. The van der Waals surface area contributed by atoms with Crippen molar-refractivity contribution in [2.75, 3.05) is 33.3 Å². The number of ether oxygens (including phenoxy) is 2. The minimum Gasteiger partial charge on any atom is -0.497 e. The number of hydrogen-bond donors (Lipinski definition) is 1. The van der Waals surface area contributed by atoms with Crippen LogP contribution in [0.3, 0.4) is 0 Å². The molecule has 0 aromatic heterocycles. The fourth-order valence-corrected chi connectivity index (χ4v) is 2.05. The van der Waals surface area contributed by atoms with E-state index >= 15 is 0 Å². The minimum atomic E-state index is -0.466. The van der Waals surface area contributed by atoms with Gasteiger partial charge in [0.05, 0.1) is 7.11 Å². The first-order valence-corrected chi connectivity index (χ1v) is 6.51. The van der Waals surface area contributed by atoms with Crippen LogP contribution >= 0.6 is 0 Å². The summed E-state index contributed by atoms with van der Waals surface area (Å²) in [4.78, 5) is 14.0. The van der Waals surface area contributed by atoms with Crippen LogP contribution in [0, 0.1) is 0 Å². The minimum absolute atomic E-state index is 0.0392. The topological polar surface area (TPSA) is 50.8 Å². The maximum absolute atomic E-state index is 12.2. The summed E-state index contributed by atoms with van der Waals surface area (Å²) in [5.74, 6) is 1.49. The molecule has 1 heterocycles. The van der Waals surface area contributed by atoms with Crippen LogP contribution in [0.25, 0.3) is 0 Å². The molecule has 0 bridgehead atoms. The Morgan fingerprint density at radius 2 is 1.79 bits per heavy atom. The predicted molar refractivity (Wildman–Crippen MR) is 72.5 cm³/mol. The van der Waals surface area contributed by atoms with Crippen molar-refractivity contribution in [3.8, 4) is 11.5 Å². The molecular formula is C14H20N2O3. The average molecular weight is 264 g/mol. The molecule has 1 N–H and O–H groups in total. The van der Waals surface area contributed by atoms with Crippen molar-refractivity contribution in [1.82, 2.24) is 10.2 Å². The number of amides is 1. The van der Waals surface area contributed by atoms with Crippen LogP contribution in [0.5, 0.6) is 11.5 Å². The SMILES string of the molecule is COc1ccc(OC(C)C(=O)N2CCNCC2)cc1. The molecule has 5 heteroatoms. The maximum Gasteiger partial charge on any atom is 0.263 e. The molecule has 1 aromatic carbocycles. The van der Waals surface area contributed by atoms with Crippen molar-refractivity contribution in [3.63, 3.8) is 0 Å². The van der Waals surface area contributed by atoms with Gasteiger partial charge in [-0.15, -0.1) is 0 Å². The molecule has 1 unspecified atom stereocenters. The first kappa shape index (κ1) is 13.7. The second-order valence-corrected chi connectivity index (χ2v) is 4.51. The molecule has 1 aliphatic rings. The normalized spacial score (nSPS) is 16.8. The highest BCUT2D eigenvalue weighted by molar-refractivity contribution is 5.81. The van der Waals surface area contributed by atoms with Crippen molar-refractivity contribution >= 4 is 5.91 Å². The molecule has 5 nitrogen and oxygen atoms in total. The van der Waals surface area contributed by atoms with Gasteiger partial charge in [0.25, 0.3) is 5.91 Å². The number of rotatable bonds is 4.